The van der Waals surface area contributed by atoms with Crippen molar-refractivity contribution in [2.45, 2.75) is 69.9 Å². The van der Waals surface area contributed by atoms with Gasteiger partial charge in [-0.05, 0) is 38.6 Å². The summed E-state index contributed by atoms with van der Waals surface area (Å²) in [6, 6.07) is 0.392. The van der Waals surface area contributed by atoms with E-state index >= 15 is 0 Å². The third-order valence-electron chi connectivity index (χ3n) is 4.60. The van der Waals surface area contributed by atoms with Crippen LogP contribution in [-0.2, 0) is 9.53 Å². The second-order valence-corrected chi connectivity index (χ2v) is 6.10. The second kappa shape index (κ2) is 6.71. The molecule has 2 aliphatic rings. The molecule has 1 aliphatic heterocycles. The van der Waals surface area contributed by atoms with Crippen molar-refractivity contribution in [3.63, 3.8) is 0 Å². The highest BCUT2D eigenvalue weighted by Gasteiger charge is 2.40. The van der Waals surface area contributed by atoms with Crippen LogP contribution in [0.5, 0.6) is 0 Å². The maximum Gasteiger partial charge on any atom is 0.317 e. The molecular weight excluding hydrogens is 242 g/mol. The molecule has 1 heterocycles. The quantitative estimate of drug-likeness (QED) is 0.833. The number of carbonyl (C=O) groups is 1. The first-order valence-corrected chi connectivity index (χ1v) is 7.75. The molecule has 0 bridgehead atoms. The van der Waals surface area contributed by atoms with E-state index in [9.17, 15) is 4.79 Å². The van der Waals surface area contributed by atoms with Crippen molar-refractivity contribution < 1.29 is 14.6 Å². The van der Waals surface area contributed by atoms with Crippen molar-refractivity contribution in [1.82, 2.24) is 4.90 Å². The van der Waals surface area contributed by atoms with Gasteiger partial charge in [0.2, 0.25) is 0 Å². The zero-order valence-corrected chi connectivity index (χ0v) is 12.1. The van der Waals surface area contributed by atoms with Crippen LogP contribution in [0.2, 0.25) is 0 Å². The predicted molar refractivity (Wildman–Crippen MR) is 74.3 cm³/mol. The lowest BCUT2D eigenvalue weighted by molar-refractivity contribution is -0.144. The minimum absolute atomic E-state index is 0.0612. The van der Waals surface area contributed by atoms with Gasteiger partial charge in [-0.2, -0.15) is 0 Å². The third kappa shape index (κ3) is 3.93. The molecule has 0 aromatic carbocycles. The lowest BCUT2D eigenvalue weighted by Crippen LogP contribution is -2.50. The first-order valence-electron chi connectivity index (χ1n) is 7.75. The Morgan fingerprint density at radius 2 is 2.11 bits per heavy atom. The van der Waals surface area contributed by atoms with Gasteiger partial charge >= 0.3 is 5.97 Å². The van der Waals surface area contributed by atoms with E-state index in [4.69, 9.17) is 9.84 Å². The van der Waals surface area contributed by atoms with Crippen LogP contribution in [0.3, 0.4) is 0 Å². The predicted octanol–water partition coefficient (Wildman–Crippen LogP) is 2.66. The summed E-state index contributed by atoms with van der Waals surface area (Å²) >= 11 is 0. The molecule has 4 heteroatoms. The van der Waals surface area contributed by atoms with Crippen molar-refractivity contribution in [2.24, 2.45) is 0 Å². The summed E-state index contributed by atoms with van der Waals surface area (Å²) in [5, 5.41) is 9.07. The molecule has 1 atom stereocenters. The molecule has 110 valence electrons. The van der Waals surface area contributed by atoms with Gasteiger partial charge in [0.15, 0.2) is 0 Å². The molecule has 1 aliphatic carbocycles. The molecule has 1 spiro atoms. The molecule has 0 aromatic heterocycles. The fourth-order valence-electron chi connectivity index (χ4n) is 3.71. The van der Waals surface area contributed by atoms with Crippen LogP contribution in [0.25, 0.3) is 0 Å². The lowest BCUT2D eigenvalue weighted by atomic mass is 9.78. The number of rotatable bonds is 5. The Bertz CT molecular complexity index is 294. The van der Waals surface area contributed by atoms with Gasteiger partial charge in [0, 0.05) is 12.6 Å². The summed E-state index contributed by atoms with van der Waals surface area (Å²) in [5.74, 6) is -0.711. The van der Waals surface area contributed by atoms with Crippen molar-refractivity contribution in [3.05, 3.63) is 0 Å². The van der Waals surface area contributed by atoms with E-state index in [1.165, 1.54) is 19.3 Å². The maximum atomic E-state index is 11.0. The topological polar surface area (TPSA) is 49.8 Å². The van der Waals surface area contributed by atoms with Gasteiger partial charge < -0.3 is 9.84 Å². The van der Waals surface area contributed by atoms with Gasteiger partial charge in [-0.15, -0.1) is 0 Å². The number of carboxylic acid groups (broad SMARTS) is 1. The fraction of sp³-hybridized carbons (Fsp3) is 0.933. The minimum Gasteiger partial charge on any atom is -0.480 e. The van der Waals surface area contributed by atoms with E-state index in [1.807, 2.05) is 0 Å². The smallest absolute Gasteiger partial charge is 0.317 e. The Morgan fingerprint density at radius 1 is 1.37 bits per heavy atom. The monoisotopic (exact) mass is 269 g/mol. The number of carboxylic acids is 1. The second-order valence-electron chi connectivity index (χ2n) is 6.10. The summed E-state index contributed by atoms with van der Waals surface area (Å²) in [7, 11) is 0. The van der Waals surface area contributed by atoms with E-state index < -0.39 is 5.97 Å². The number of ether oxygens (including phenoxy) is 1. The van der Waals surface area contributed by atoms with Crippen molar-refractivity contribution in [1.29, 1.82) is 0 Å². The molecule has 0 amide bonds. The van der Waals surface area contributed by atoms with Crippen LogP contribution in [0.15, 0.2) is 0 Å². The van der Waals surface area contributed by atoms with Crippen LogP contribution in [0.1, 0.15) is 58.3 Å². The molecule has 2 rings (SSSR count). The van der Waals surface area contributed by atoms with Gasteiger partial charge in [0.05, 0.1) is 12.1 Å². The Hall–Kier alpha value is -0.610. The summed E-state index contributed by atoms with van der Waals surface area (Å²) in [6.45, 7) is 3.97. The average molecular weight is 269 g/mol. The molecule has 1 saturated carbocycles. The van der Waals surface area contributed by atoms with E-state index in [-0.39, 0.29) is 12.1 Å². The third-order valence-corrected chi connectivity index (χ3v) is 4.60. The molecule has 1 N–H and O–H groups in total. The summed E-state index contributed by atoms with van der Waals surface area (Å²) < 4.78 is 6.10. The molecule has 2 fully saturated rings. The summed E-state index contributed by atoms with van der Waals surface area (Å²) in [6.07, 6.45) is 9.20. The van der Waals surface area contributed by atoms with Gasteiger partial charge in [0.25, 0.3) is 0 Å². The Balaban J connectivity index is 1.99. The van der Waals surface area contributed by atoms with Crippen LogP contribution in [0, 0.1) is 0 Å². The molecule has 1 unspecified atom stereocenters. The highest BCUT2D eigenvalue weighted by Crippen LogP contribution is 2.39. The van der Waals surface area contributed by atoms with Crippen LogP contribution in [0.4, 0.5) is 0 Å². The van der Waals surface area contributed by atoms with Crippen molar-refractivity contribution >= 4 is 5.97 Å². The van der Waals surface area contributed by atoms with Crippen LogP contribution < -0.4 is 0 Å². The standard InChI is InChI=1S/C15H27NO3/c1-2-9-16(12-14(17)18)13-6-10-19-15(11-13)7-4-3-5-8-15/h13H,2-12H2,1H3,(H,17,18). The maximum absolute atomic E-state index is 11.0. The average Bonchev–Trinajstić information content (AvgIpc) is 2.39. The largest absolute Gasteiger partial charge is 0.480 e. The lowest BCUT2D eigenvalue weighted by Gasteiger charge is -2.46. The summed E-state index contributed by atoms with van der Waals surface area (Å²) in [5.41, 5.74) is 0.0612. The number of nitrogens with zero attached hydrogens (tertiary/aromatic N) is 1. The minimum atomic E-state index is -0.711. The van der Waals surface area contributed by atoms with Crippen molar-refractivity contribution in [3.8, 4) is 0 Å². The zero-order chi connectivity index (χ0) is 13.7. The first kappa shape index (κ1) is 14.8. The van der Waals surface area contributed by atoms with Crippen LogP contribution in [-0.4, -0.2) is 47.3 Å². The molecule has 1 saturated heterocycles. The van der Waals surface area contributed by atoms with Crippen molar-refractivity contribution in [2.75, 3.05) is 19.7 Å². The Morgan fingerprint density at radius 3 is 2.74 bits per heavy atom. The van der Waals surface area contributed by atoms with Gasteiger partial charge in [-0.3, -0.25) is 9.69 Å². The van der Waals surface area contributed by atoms with Gasteiger partial charge in [0.1, 0.15) is 0 Å². The van der Waals surface area contributed by atoms with Gasteiger partial charge in [-0.1, -0.05) is 26.2 Å². The van der Waals surface area contributed by atoms with E-state index in [2.05, 4.69) is 11.8 Å². The Labute approximate surface area is 116 Å². The normalized spacial score (nSPS) is 26.7. The molecule has 4 nitrogen and oxygen atoms in total. The highest BCUT2D eigenvalue weighted by atomic mass is 16.5. The molecule has 0 radical (unpaired) electrons. The highest BCUT2D eigenvalue weighted by molar-refractivity contribution is 5.69. The fourth-order valence-corrected chi connectivity index (χ4v) is 3.71. The van der Waals surface area contributed by atoms with Gasteiger partial charge in [-0.25, -0.2) is 0 Å². The molecular formula is C15H27NO3. The SMILES string of the molecule is CCCN(CC(=O)O)C1CCOC2(CCCCC2)C1. The van der Waals surface area contributed by atoms with E-state index in [0.29, 0.717) is 6.04 Å². The Kier molecular flexibility index (Phi) is 5.22. The molecule has 19 heavy (non-hydrogen) atoms. The van der Waals surface area contributed by atoms with E-state index in [0.717, 1.165) is 45.3 Å². The number of hydrogen-bond acceptors (Lipinski definition) is 3. The molecule has 0 aromatic rings. The zero-order valence-electron chi connectivity index (χ0n) is 12.1. The van der Waals surface area contributed by atoms with Crippen LogP contribution >= 0.6 is 0 Å². The first-order chi connectivity index (χ1) is 9.15. The summed E-state index contributed by atoms with van der Waals surface area (Å²) in [4.78, 5) is 13.2. The van der Waals surface area contributed by atoms with E-state index in [1.54, 1.807) is 0 Å². The number of aliphatic carboxylic acids is 1. The number of hydrogen-bond donors (Lipinski definition) is 1.